The SMILES string of the molecule is C#CCOC(CC)S(=O)(=O)O. The van der Waals surface area contributed by atoms with Gasteiger partial charge in [0.25, 0.3) is 10.1 Å². The summed E-state index contributed by atoms with van der Waals surface area (Å²) < 4.78 is 34.0. The second-order valence-electron chi connectivity index (χ2n) is 1.87. The van der Waals surface area contributed by atoms with Crippen molar-refractivity contribution in [1.82, 2.24) is 0 Å². The number of ether oxygens (including phenoxy) is 1. The summed E-state index contributed by atoms with van der Waals surface area (Å²) in [6.45, 7) is 1.47. The summed E-state index contributed by atoms with van der Waals surface area (Å²) in [6.07, 6.45) is 5.00. The van der Waals surface area contributed by atoms with Crippen molar-refractivity contribution in [2.75, 3.05) is 6.61 Å². The molecule has 0 bridgehead atoms. The fourth-order valence-electron chi connectivity index (χ4n) is 0.556. The van der Waals surface area contributed by atoms with Crippen molar-refractivity contribution in [3.05, 3.63) is 0 Å². The third-order valence-electron chi connectivity index (χ3n) is 1.02. The first-order valence-corrected chi connectivity index (χ1v) is 4.54. The van der Waals surface area contributed by atoms with Crippen LogP contribution in [0, 0.1) is 12.3 Å². The van der Waals surface area contributed by atoms with E-state index in [0.717, 1.165) is 0 Å². The Hall–Kier alpha value is -0.570. The maximum absolute atomic E-state index is 10.4. The Morgan fingerprint density at radius 1 is 1.73 bits per heavy atom. The summed E-state index contributed by atoms with van der Waals surface area (Å²) in [7, 11) is -4.10. The van der Waals surface area contributed by atoms with Crippen LogP contribution in [0.2, 0.25) is 0 Å². The number of rotatable bonds is 4. The van der Waals surface area contributed by atoms with E-state index < -0.39 is 15.6 Å². The molecule has 0 amide bonds. The smallest absolute Gasteiger partial charge is 0.292 e. The van der Waals surface area contributed by atoms with Crippen molar-refractivity contribution < 1.29 is 17.7 Å². The number of hydrogen-bond donors (Lipinski definition) is 1. The van der Waals surface area contributed by atoms with Crippen LogP contribution in [-0.4, -0.2) is 25.0 Å². The quantitative estimate of drug-likeness (QED) is 0.495. The van der Waals surface area contributed by atoms with Gasteiger partial charge in [0, 0.05) is 0 Å². The van der Waals surface area contributed by atoms with Crippen LogP contribution in [0.25, 0.3) is 0 Å². The zero-order valence-corrected chi connectivity index (χ0v) is 6.97. The van der Waals surface area contributed by atoms with Gasteiger partial charge in [-0.15, -0.1) is 6.42 Å². The van der Waals surface area contributed by atoms with E-state index in [0.29, 0.717) is 0 Å². The minimum Gasteiger partial charge on any atom is -0.347 e. The van der Waals surface area contributed by atoms with E-state index in [1.807, 2.05) is 0 Å². The molecular formula is C6H10O4S. The lowest BCUT2D eigenvalue weighted by Crippen LogP contribution is -2.23. The average Bonchev–Trinajstić information content (AvgIpc) is 1.87. The van der Waals surface area contributed by atoms with E-state index in [1.165, 1.54) is 0 Å². The molecule has 1 unspecified atom stereocenters. The topological polar surface area (TPSA) is 63.6 Å². The van der Waals surface area contributed by atoms with Gasteiger partial charge in [-0.3, -0.25) is 4.55 Å². The zero-order valence-electron chi connectivity index (χ0n) is 6.15. The van der Waals surface area contributed by atoms with Crippen molar-refractivity contribution in [2.24, 2.45) is 0 Å². The summed E-state index contributed by atoms with van der Waals surface area (Å²) in [6, 6.07) is 0. The van der Waals surface area contributed by atoms with Crippen molar-refractivity contribution in [3.63, 3.8) is 0 Å². The second kappa shape index (κ2) is 4.34. The van der Waals surface area contributed by atoms with Gasteiger partial charge in [-0.1, -0.05) is 12.8 Å². The molecule has 0 radical (unpaired) electrons. The molecular weight excluding hydrogens is 168 g/mol. The lowest BCUT2D eigenvalue weighted by Gasteiger charge is -2.09. The molecule has 0 aliphatic rings. The third kappa shape index (κ3) is 3.98. The van der Waals surface area contributed by atoms with Crippen LogP contribution in [0.5, 0.6) is 0 Å². The highest BCUT2D eigenvalue weighted by Gasteiger charge is 2.20. The van der Waals surface area contributed by atoms with E-state index in [2.05, 4.69) is 10.7 Å². The Morgan fingerprint density at radius 2 is 2.27 bits per heavy atom. The predicted molar refractivity (Wildman–Crippen MR) is 40.4 cm³/mol. The minimum atomic E-state index is -4.10. The Bertz CT molecular complexity index is 236. The molecule has 0 aliphatic carbocycles. The maximum atomic E-state index is 10.4. The van der Waals surface area contributed by atoms with Gasteiger partial charge < -0.3 is 4.74 Å². The second-order valence-corrected chi connectivity index (χ2v) is 3.42. The summed E-state index contributed by atoms with van der Waals surface area (Å²) in [5, 5.41) is 0. The van der Waals surface area contributed by atoms with Crippen LogP contribution >= 0.6 is 0 Å². The van der Waals surface area contributed by atoms with Crippen LogP contribution in [0.1, 0.15) is 13.3 Å². The van der Waals surface area contributed by atoms with Gasteiger partial charge in [0.1, 0.15) is 6.61 Å². The van der Waals surface area contributed by atoms with Crippen molar-refractivity contribution in [3.8, 4) is 12.3 Å². The highest BCUT2D eigenvalue weighted by molar-refractivity contribution is 7.86. The lowest BCUT2D eigenvalue weighted by molar-refractivity contribution is 0.125. The van der Waals surface area contributed by atoms with Gasteiger partial charge in [-0.25, -0.2) is 0 Å². The molecule has 64 valence electrons. The molecule has 0 saturated carbocycles. The van der Waals surface area contributed by atoms with E-state index in [-0.39, 0.29) is 13.0 Å². The van der Waals surface area contributed by atoms with Gasteiger partial charge in [0.2, 0.25) is 0 Å². The van der Waals surface area contributed by atoms with Crippen LogP contribution in [0.4, 0.5) is 0 Å². The standard InChI is InChI=1S/C6H10O4S/c1-3-5-10-6(4-2)11(7,8)9/h1,6H,4-5H2,2H3,(H,7,8,9). The maximum Gasteiger partial charge on any atom is 0.292 e. The van der Waals surface area contributed by atoms with Crippen LogP contribution in [-0.2, 0) is 14.9 Å². The fraction of sp³-hybridized carbons (Fsp3) is 0.667. The van der Waals surface area contributed by atoms with Gasteiger partial charge in [0.05, 0.1) is 0 Å². The van der Waals surface area contributed by atoms with Gasteiger partial charge >= 0.3 is 0 Å². The average molecular weight is 178 g/mol. The molecule has 0 aromatic carbocycles. The van der Waals surface area contributed by atoms with E-state index in [4.69, 9.17) is 11.0 Å². The van der Waals surface area contributed by atoms with Crippen molar-refractivity contribution in [2.45, 2.75) is 18.8 Å². The molecule has 0 saturated heterocycles. The van der Waals surface area contributed by atoms with Crippen LogP contribution in [0.15, 0.2) is 0 Å². The summed E-state index contributed by atoms with van der Waals surface area (Å²) >= 11 is 0. The van der Waals surface area contributed by atoms with E-state index in [1.54, 1.807) is 6.92 Å². The van der Waals surface area contributed by atoms with Gasteiger partial charge in [0.15, 0.2) is 5.44 Å². The molecule has 0 aromatic heterocycles. The van der Waals surface area contributed by atoms with E-state index in [9.17, 15) is 8.42 Å². The van der Waals surface area contributed by atoms with E-state index >= 15 is 0 Å². The molecule has 0 heterocycles. The molecule has 0 aliphatic heterocycles. The summed E-state index contributed by atoms with van der Waals surface area (Å²) in [5.41, 5.74) is -1.20. The molecule has 1 atom stereocenters. The third-order valence-corrected chi connectivity index (χ3v) is 2.15. The number of terminal acetylenes is 1. The first-order valence-electron chi connectivity index (χ1n) is 3.03. The molecule has 0 spiro atoms. The number of hydrogen-bond acceptors (Lipinski definition) is 3. The molecule has 1 N–H and O–H groups in total. The monoisotopic (exact) mass is 178 g/mol. The fourth-order valence-corrected chi connectivity index (χ4v) is 1.22. The first-order chi connectivity index (χ1) is 5.02. The molecule has 0 rings (SSSR count). The van der Waals surface area contributed by atoms with Crippen molar-refractivity contribution >= 4 is 10.1 Å². The summed E-state index contributed by atoms with van der Waals surface area (Å²) in [4.78, 5) is 0. The largest absolute Gasteiger partial charge is 0.347 e. The molecule has 4 nitrogen and oxygen atoms in total. The molecule has 0 aromatic rings. The van der Waals surface area contributed by atoms with Gasteiger partial charge in [-0.05, 0) is 6.42 Å². The molecule has 0 fully saturated rings. The van der Waals surface area contributed by atoms with Crippen LogP contribution < -0.4 is 0 Å². The minimum absolute atomic E-state index is 0.113. The Kier molecular flexibility index (Phi) is 4.11. The zero-order chi connectivity index (χ0) is 8.91. The van der Waals surface area contributed by atoms with Gasteiger partial charge in [-0.2, -0.15) is 8.42 Å². The molecule has 11 heavy (non-hydrogen) atoms. The Balaban J connectivity index is 4.11. The highest BCUT2D eigenvalue weighted by atomic mass is 32.2. The lowest BCUT2D eigenvalue weighted by atomic mass is 10.5. The Labute approximate surface area is 66.3 Å². The highest BCUT2D eigenvalue weighted by Crippen LogP contribution is 2.04. The summed E-state index contributed by atoms with van der Waals surface area (Å²) in [5.74, 6) is 2.11. The first kappa shape index (κ1) is 10.4. The van der Waals surface area contributed by atoms with Crippen LogP contribution in [0.3, 0.4) is 0 Å². The molecule has 5 heteroatoms. The Morgan fingerprint density at radius 3 is 2.55 bits per heavy atom. The normalized spacial score (nSPS) is 13.9. The predicted octanol–water partition coefficient (Wildman–Crippen LogP) is 0.260. The van der Waals surface area contributed by atoms with Crippen molar-refractivity contribution in [1.29, 1.82) is 0 Å².